The molecule has 2 aliphatic heterocycles. The van der Waals surface area contributed by atoms with Crippen LogP contribution in [-0.4, -0.2) is 35.7 Å². The molecule has 0 fully saturated rings. The fraction of sp³-hybridized carbons (Fsp3) is 0.545. The van der Waals surface area contributed by atoms with Crippen LogP contribution in [0.5, 0.6) is 0 Å². The minimum atomic E-state index is -1.52. The van der Waals surface area contributed by atoms with Crippen LogP contribution in [0.3, 0.4) is 0 Å². The highest BCUT2D eigenvalue weighted by atomic mass is 28.3. The molecule has 7 heteroatoms. The van der Waals surface area contributed by atoms with E-state index in [1.807, 2.05) is 6.33 Å². The van der Waals surface area contributed by atoms with Crippen molar-refractivity contribution in [2.75, 3.05) is 4.98 Å². The maximum Gasteiger partial charge on any atom is 0.184 e. The van der Waals surface area contributed by atoms with Crippen molar-refractivity contribution < 1.29 is 0 Å². The summed E-state index contributed by atoms with van der Waals surface area (Å²) in [7, 11) is -2.97. The maximum absolute atomic E-state index is 4.40. The summed E-state index contributed by atoms with van der Waals surface area (Å²) in [5.74, 6) is 1.82. The summed E-state index contributed by atoms with van der Waals surface area (Å²) in [4.78, 5) is 16.6. The Morgan fingerprint density at radius 1 is 1.00 bits per heavy atom. The fourth-order valence-corrected chi connectivity index (χ4v) is 4.09. The average molecular weight is 279 g/mol. The van der Waals surface area contributed by atoms with Crippen LogP contribution in [0, 0.1) is 0 Å². The number of fused-ring (bicyclic) bond motifs is 1. The van der Waals surface area contributed by atoms with Crippen molar-refractivity contribution in [3.8, 4) is 11.5 Å². The van der Waals surface area contributed by atoms with Crippen LogP contribution in [0.2, 0.25) is 39.3 Å². The molecule has 0 saturated carbocycles. The van der Waals surface area contributed by atoms with Gasteiger partial charge in [-0.1, -0.05) is 39.3 Å². The number of rotatable bonds is 3. The Morgan fingerprint density at radius 2 is 1.67 bits per heavy atom. The molecule has 0 bridgehead atoms. The molecule has 0 aromatic rings. The zero-order chi connectivity index (χ0) is 13.6. The van der Waals surface area contributed by atoms with Gasteiger partial charge in [0.2, 0.25) is 0 Å². The van der Waals surface area contributed by atoms with E-state index in [-0.39, 0.29) is 0 Å². The number of hydrogen-bond donors (Lipinski definition) is 1. The number of anilines is 1. The third-order valence-electron chi connectivity index (χ3n) is 2.56. The summed E-state index contributed by atoms with van der Waals surface area (Å²) in [5.41, 5.74) is 0.891. The second-order valence-corrected chi connectivity index (χ2v) is 16.1. The first-order valence-electron chi connectivity index (χ1n) is 6.15. The molecule has 0 aromatic carbocycles. The largest absolute Gasteiger partial charge is 0.396 e. The Balaban J connectivity index is 2.62. The Hall–Kier alpha value is -1.22. The number of aromatic nitrogens is 4. The predicted molar refractivity (Wildman–Crippen MR) is 80.2 cm³/mol. The van der Waals surface area contributed by atoms with Gasteiger partial charge in [-0.05, 0) is 0 Å². The van der Waals surface area contributed by atoms with Crippen LogP contribution in [0.25, 0.3) is 11.5 Å². The van der Waals surface area contributed by atoms with Gasteiger partial charge < -0.3 is 9.22 Å². The van der Waals surface area contributed by atoms with Crippen molar-refractivity contribution in [2.45, 2.75) is 39.3 Å². The molecule has 0 atom stereocenters. The van der Waals surface area contributed by atoms with Crippen LogP contribution in [0.4, 0.5) is 5.82 Å². The highest BCUT2D eigenvalue weighted by Crippen LogP contribution is 2.28. The van der Waals surface area contributed by atoms with Crippen LogP contribution < -0.4 is 4.98 Å². The highest BCUT2D eigenvalue weighted by Gasteiger charge is 2.27. The number of imidazole rings is 1. The van der Waals surface area contributed by atoms with Crippen molar-refractivity contribution in [3.63, 3.8) is 0 Å². The van der Waals surface area contributed by atoms with Gasteiger partial charge in [-0.3, -0.25) is 0 Å². The second kappa shape index (κ2) is 4.16. The van der Waals surface area contributed by atoms with Crippen LogP contribution in [0.15, 0.2) is 12.7 Å². The lowest BCUT2D eigenvalue weighted by atomic mass is 10.4. The molecule has 1 N–H and O–H groups in total. The maximum atomic E-state index is 4.40. The molecule has 0 aliphatic carbocycles. The van der Waals surface area contributed by atoms with Crippen molar-refractivity contribution in [2.24, 2.45) is 0 Å². The predicted octanol–water partition coefficient (Wildman–Crippen LogP) is 2.71. The van der Waals surface area contributed by atoms with Gasteiger partial charge in [-0.15, -0.1) is 0 Å². The molecule has 0 unspecified atom stereocenters. The third kappa shape index (κ3) is 2.61. The third-order valence-corrected chi connectivity index (χ3v) is 5.33. The van der Waals surface area contributed by atoms with E-state index in [1.54, 1.807) is 6.33 Å². The Morgan fingerprint density at radius 3 is 2.22 bits per heavy atom. The minimum absolute atomic E-state index is 0.727. The summed E-state index contributed by atoms with van der Waals surface area (Å²) in [6, 6.07) is 0. The molecule has 5 nitrogen and oxygen atoms in total. The monoisotopic (exact) mass is 279 g/mol. The highest BCUT2D eigenvalue weighted by molar-refractivity contribution is 6.80. The van der Waals surface area contributed by atoms with E-state index in [0.29, 0.717) is 0 Å². The van der Waals surface area contributed by atoms with E-state index >= 15 is 0 Å². The summed E-state index contributed by atoms with van der Waals surface area (Å²) in [6.45, 7) is 13.7. The Labute approximate surface area is 110 Å². The standard InChI is InChI=1S/C11H21N5Si2/c1-17(2,3)15-11-9-10(13-7-12-9)14-8-16(11)18(4,5)6/h7-8,15H,1-6H3. The van der Waals surface area contributed by atoms with E-state index in [2.05, 4.69) is 63.4 Å². The molecule has 0 saturated heterocycles. The van der Waals surface area contributed by atoms with Crippen LogP contribution >= 0.6 is 0 Å². The molecular weight excluding hydrogens is 258 g/mol. The molecule has 2 heterocycles. The molecule has 0 aromatic heterocycles. The number of hydrogen-bond acceptors (Lipinski definition) is 4. The summed E-state index contributed by atoms with van der Waals surface area (Å²) in [5, 5.41) is 0. The first-order valence-corrected chi connectivity index (χ1v) is 13.1. The zero-order valence-corrected chi connectivity index (χ0v) is 13.9. The lowest BCUT2D eigenvalue weighted by Gasteiger charge is -2.30. The van der Waals surface area contributed by atoms with Gasteiger partial charge in [0.15, 0.2) is 14.1 Å². The molecule has 0 radical (unpaired) electrons. The van der Waals surface area contributed by atoms with Gasteiger partial charge in [-0.2, -0.15) is 0 Å². The molecule has 0 spiro atoms. The smallest absolute Gasteiger partial charge is 0.184 e. The van der Waals surface area contributed by atoms with Gasteiger partial charge in [0, 0.05) is 0 Å². The van der Waals surface area contributed by atoms with Crippen LogP contribution in [-0.2, 0) is 0 Å². The van der Waals surface area contributed by atoms with Gasteiger partial charge >= 0.3 is 0 Å². The van der Waals surface area contributed by atoms with Crippen molar-refractivity contribution in [1.82, 2.24) is 19.2 Å². The quantitative estimate of drug-likeness (QED) is 0.878. The summed E-state index contributed by atoms with van der Waals surface area (Å²) < 4.78 is 2.28. The molecule has 2 aliphatic rings. The van der Waals surface area contributed by atoms with E-state index in [1.165, 1.54) is 0 Å². The zero-order valence-electron chi connectivity index (χ0n) is 11.9. The van der Waals surface area contributed by atoms with Gasteiger partial charge in [0.25, 0.3) is 0 Å². The van der Waals surface area contributed by atoms with Gasteiger partial charge in [0.05, 0.1) is 6.33 Å². The first-order chi connectivity index (χ1) is 8.18. The van der Waals surface area contributed by atoms with Crippen LogP contribution in [0.1, 0.15) is 0 Å². The van der Waals surface area contributed by atoms with E-state index in [4.69, 9.17) is 0 Å². The Kier molecular flexibility index (Phi) is 3.06. The van der Waals surface area contributed by atoms with E-state index in [0.717, 1.165) is 17.3 Å². The first kappa shape index (κ1) is 13.2. The van der Waals surface area contributed by atoms with Crippen molar-refractivity contribution in [1.29, 1.82) is 0 Å². The van der Waals surface area contributed by atoms with Crippen molar-refractivity contribution in [3.05, 3.63) is 12.7 Å². The fourth-order valence-electron chi connectivity index (χ4n) is 1.79. The average Bonchev–Trinajstić information content (AvgIpc) is 2.61. The van der Waals surface area contributed by atoms with Gasteiger partial charge in [0.1, 0.15) is 26.1 Å². The number of nitrogens with zero attached hydrogens (tertiary/aromatic N) is 4. The normalized spacial score (nSPS) is 13.0. The lowest BCUT2D eigenvalue weighted by Crippen LogP contribution is -2.40. The molecule has 0 amide bonds. The topological polar surface area (TPSA) is 55.6 Å². The lowest BCUT2D eigenvalue weighted by molar-refractivity contribution is 1.03. The summed E-state index contributed by atoms with van der Waals surface area (Å²) >= 11 is 0. The molecular formula is C11H21N5Si2. The molecule has 2 rings (SSSR count). The van der Waals surface area contributed by atoms with Crippen molar-refractivity contribution >= 4 is 22.3 Å². The number of nitrogens with one attached hydrogen (secondary N) is 1. The minimum Gasteiger partial charge on any atom is -0.396 e. The molecule has 98 valence electrons. The SMILES string of the molecule is C[Si](C)(C)Nc1c2ncnc-2ncn1[Si](C)(C)C. The van der Waals surface area contributed by atoms with Gasteiger partial charge in [-0.25, -0.2) is 15.0 Å². The van der Waals surface area contributed by atoms with E-state index in [9.17, 15) is 0 Å². The Bertz CT molecular complexity index is 523. The summed E-state index contributed by atoms with van der Waals surface area (Å²) in [6.07, 6.45) is 3.49. The van der Waals surface area contributed by atoms with E-state index < -0.39 is 16.5 Å². The molecule has 18 heavy (non-hydrogen) atoms. The second-order valence-electron chi connectivity index (χ2n) is 6.55.